The van der Waals surface area contributed by atoms with Crippen molar-refractivity contribution in [3.05, 3.63) is 35.5 Å². The first kappa shape index (κ1) is 25.7. The van der Waals surface area contributed by atoms with Gasteiger partial charge >= 0.3 is 6.18 Å². The Kier molecular flexibility index (Phi) is 8.46. The Bertz CT molecular complexity index is 1020. The van der Waals surface area contributed by atoms with Crippen LogP contribution in [0, 0.1) is 11.8 Å². The van der Waals surface area contributed by atoms with Gasteiger partial charge in [-0.15, -0.1) is 0 Å². The van der Waals surface area contributed by atoms with Gasteiger partial charge in [0.2, 0.25) is 5.91 Å². The molecule has 2 aliphatic rings. The maximum absolute atomic E-state index is 12.8. The van der Waals surface area contributed by atoms with E-state index in [-0.39, 0.29) is 18.3 Å². The molecule has 0 aromatic carbocycles. The highest BCUT2D eigenvalue weighted by Gasteiger charge is 2.34. The van der Waals surface area contributed by atoms with Crippen molar-refractivity contribution >= 4 is 29.1 Å². The molecule has 2 aromatic heterocycles. The highest BCUT2D eigenvalue weighted by atomic mass is 35.5. The smallest absolute Gasteiger partial charge is 0.381 e. The largest absolute Gasteiger partial charge is 0.401 e. The monoisotopic (exact) mass is 511 g/mol. The first-order chi connectivity index (χ1) is 16.8. The topological polar surface area (TPSA) is 79.4 Å². The number of amides is 1. The fraction of sp³-hybridized carbons (Fsp3) is 0.542. The Labute approximate surface area is 207 Å². The number of hydrogen-bond donors (Lipinski definition) is 2. The van der Waals surface area contributed by atoms with Crippen LogP contribution in [-0.2, 0) is 9.53 Å². The Hall–Kier alpha value is -2.43. The Morgan fingerprint density at radius 2 is 2.00 bits per heavy atom. The number of piperidine rings is 1. The highest BCUT2D eigenvalue weighted by Crippen LogP contribution is 2.30. The van der Waals surface area contributed by atoms with E-state index in [4.69, 9.17) is 16.3 Å². The van der Waals surface area contributed by atoms with Crippen LogP contribution in [0.25, 0.3) is 11.3 Å². The van der Waals surface area contributed by atoms with Gasteiger partial charge in [0, 0.05) is 38.1 Å². The van der Waals surface area contributed by atoms with Crippen molar-refractivity contribution in [2.75, 3.05) is 50.0 Å². The Morgan fingerprint density at radius 1 is 1.20 bits per heavy atom. The zero-order valence-corrected chi connectivity index (χ0v) is 20.0. The number of nitrogens with zero attached hydrogens (tertiary/aromatic N) is 3. The summed E-state index contributed by atoms with van der Waals surface area (Å²) in [5, 5.41) is 6.50. The summed E-state index contributed by atoms with van der Waals surface area (Å²) in [6.45, 7) is 1.75. The lowest BCUT2D eigenvalue weighted by Crippen LogP contribution is -2.44. The zero-order chi connectivity index (χ0) is 24.8. The van der Waals surface area contributed by atoms with E-state index in [2.05, 4.69) is 20.6 Å². The molecule has 2 saturated heterocycles. The van der Waals surface area contributed by atoms with E-state index in [1.165, 1.54) is 11.1 Å². The van der Waals surface area contributed by atoms with E-state index in [1.807, 2.05) is 18.2 Å². The molecular weight excluding hydrogens is 483 g/mol. The number of likely N-dealkylation sites (tertiary alicyclic amines) is 1. The van der Waals surface area contributed by atoms with Gasteiger partial charge in [-0.2, -0.15) is 13.2 Å². The number of nitrogens with one attached hydrogen (secondary N) is 2. The molecule has 0 bridgehead atoms. The third-order valence-electron chi connectivity index (χ3n) is 6.32. The number of ether oxygens (including phenoxy) is 1. The summed E-state index contributed by atoms with van der Waals surface area (Å²) >= 11 is 6.39. The Balaban J connectivity index is 1.41. The molecule has 0 saturated carbocycles. The quantitative estimate of drug-likeness (QED) is 0.553. The lowest BCUT2D eigenvalue weighted by molar-refractivity contribution is -0.151. The van der Waals surface area contributed by atoms with Crippen LogP contribution < -0.4 is 10.6 Å². The average Bonchev–Trinajstić information content (AvgIpc) is 2.84. The van der Waals surface area contributed by atoms with Crippen molar-refractivity contribution in [3.8, 4) is 11.3 Å². The normalized spacial score (nSPS) is 19.9. The third kappa shape index (κ3) is 7.52. The van der Waals surface area contributed by atoms with Crippen molar-refractivity contribution < 1.29 is 22.7 Å². The van der Waals surface area contributed by atoms with Crippen LogP contribution in [0.3, 0.4) is 0 Å². The van der Waals surface area contributed by atoms with Crippen LogP contribution in [-0.4, -0.2) is 66.3 Å². The molecule has 4 rings (SSSR count). The lowest BCUT2D eigenvalue weighted by atomic mass is 9.97. The summed E-state index contributed by atoms with van der Waals surface area (Å²) in [5.74, 6) is 0.650. The van der Waals surface area contributed by atoms with Crippen LogP contribution >= 0.6 is 11.6 Å². The van der Waals surface area contributed by atoms with Crippen molar-refractivity contribution in [1.82, 2.24) is 14.9 Å². The van der Waals surface area contributed by atoms with Gasteiger partial charge in [-0.3, -0.25) is 9.69 Å². The maximum Gasteiger partial charge on any atom is 0.401 e. The van der Waals surface area contributed by atoms with Gasteiger partial charge in [-0.05, 0) is 56.3 Å². The summed E-state index contributed by atoms with van der Waals surface area (Å²) in [6.07, 6.45) is 0.245. The highest BCUT2D eigenvalue weighted by molar-refractivity contribution is 6.33. The number of pyridine rings is 2. The SMILES string of the molecule is O=C(Nc1cc(-c2cccc(NCC3CCOCC3)n2)c(Cl)cn1)[C@@H]1CCCN(CC(F)(F)F)C1. The van der Waals surface area contributed by atoms with Crippen molar-refractivity contribution in [2.24, 2.45) is 11.8 Å². The molecule has 0 spiro atoms. The molecule has 11 heteroatoms. The number of carbonyl (C=O) groups excluding carboxylic acids is 1. The maximum atomic E-state index is 12.8. The summed E-state index contributed by atoms with van der Waals surface area (Å²) in [6, 6.07) is 7.22. The molecule has 4 heterocycles. The minimum Gasteiger partial charge on any atom is -0.381 e. The molecule has 35 heavy (non-hydrogen) atoms. The van der Waals surface area contributed by atoms with Crippen LogP contribution in [0.5, 0.6) is 0 Å². The second-order valence-electron chi connectivity index (χ2n) is 9.07. The second-order valence-corrected chi connectivity index (χ2v) is 9.48. The van der Waals surface area contributed by atoms with Gasteiger partial charge in [-0.25, -0.2) is 9.97 Å². The standard InChI is InChI=1S/C24H29ClF3N5O2/c25-19-13-30-22(32-23(34)17-3-2-8-33(14-17)15-24(26,27)28)11-18(19)20-4-1-5-21(31-20)29-12-16-6-9-35-10-7-16/h1,4-5,11,13,16-17H,2-3,6-10,12,14-15H2,(H,29,31)(H,30,32,34)/t17-/m1/s1. The second kappa shape index (κ2) is 11.5. The predicted molar refractivity (Wildman–Crippen MR) is 128 cm³/mol. The summed E-state index contributed by atoms with van der Waals surface area (Å²) < 4.78 is 43.7. The molecule has 1 amide bonds. The first-order valence-electron chi connectivity index (χ1n) is 11.8. The molecule has 2 aliphatic heterocycles. The van der Waals surface area contributed by atoms with Gasteiger partial charge in [0.25, 0.3) is 0 Å². The van der Waals surface area contributed by atoms with Crippen LogP contribution in [0.15, 0.2) is 30.5 Å². The Morgan fingerprint density at radius 3 is 2.77 bits per heavy atom. The molecule has 1 atom stereocenters. The molecule has 0 radical (unpaired) electrons. The molecule has 2 aromatic rings. The van der Waals surface area contributed by atoms with Crippen LogP contribution in [0.1, 0.15) is 25.7 Å². The number of carbonyl (C=O) groups is 1. The minimum absolute atomic E-state index is 0.0637. The summed E-state index contributed by atoms with van der Waals surface area (Å²) in [5.41, 5.74) is 1.23. The number of rotatable bonds is 7. The first-order valence-corrected chi connectivity index (χ1v) is 12.2. The minimum atomic E-state index is -4.29. The summed E-state index contributed by atoms with van der Waals surface area (Å²) in [7, 11) is 0. The van der Waals surface area contributed by atoms with Crippen molar-refractivity contribution in [1.29, 1.82) is 0 Å². The van der Waals surface area contributed by atoms with Gasteiger partial charge < -0.3 is 15.4 Å². The van der Waals surface area contributed by atoms with E-state index in [1.54, 1.807) is 6.07 Å². The molecule has 7 nitrogen and oxygen atoms in total. The fourth-order valence-corrected chi connectivity index (χ4v) is 4.68. The number of aromatic nitrogens is 2. The van der Waals surface area contributed by atoms with Gasteiger partial charge in [0.05, 0.1) is 23.2 Å². The molecule has 0 unspecified atom stereocenters. The van der Waals surface area contributed by atoms with E-state index in [0.29, 0.717) is 41.6 Å². The number of anilines is 2. The fourth-order valence-electron chi connectivity index (χ4n) is 4.48. The van der Waals surface area contributed by atoms with Crippen molar-refractivity contribution in [3.63, 3.8) is 0 Å². The molecule has 190 valence electrons. The lowest BCUT2D eigenvalue weighted by Gasteiger charge is -2.32. The number of halogens is 4. The van der Waals surface area contributed by atoms with Gasteiger partial charge in [0.1, 0.15) is 11.6 Å². The average molecular weight is 512 g/mol. The molecule has 2 fully saturated rings. The van der Waals surface area contributed by atoms with Crippen molar-refractivity contribution in [2.45, 2.75) is 31.9 Å². The summed E-state index contributed by atoms with van der Waals surface area (Å²) in [4.78, 5) is 22.9. The molecule has 2 N–H and O–H groups in total. The predicted octanol–water partition coefficient (Wildman–Crippen LogP) is 4.85. The van der Waals surface area contributed by atoms with E-state index in [9.17, 15) is 18.0 Å². The molecular formula is C24H29ClF3N5O2. The van der Waals surface area contributed by atoms with Gasteiger partial charge in [-0.1, -0.05) is 17.7 Å². The van der Waals surface area contributed by atoms with Crippen LogP contribution in [0.2, 0.25) is 5.02 Å². The van der Waals surface area contributed by atoms with Gasteiger partial charge in [0.15, 0.2) is 0 Å². The zero-order valence-electron chi connectivity index (χ0n) is 19.3. The van der Waals surface area contributed by atoms with E-state index < -0.39 is 18.6 Å². The molecule has 0 aliphatic carbocycles. The van der Waals surface area contributed by atoms with E-state index in [0.717, 1.165) is 38.4 Å². The van der Waals surface area contributed by atoms with Crippen LogP contribution in [0.4, 0.5) is 24.8 Å². The van der Waals surface area contributed by atoms with E-state index >= 15 is 0 Å². The third-order valence-corrected chi connectivity index (χ3v) is 6.62. The number of alkyl halides is 3. The number of hydrogen-bond acceptors (Lipinski definition) is 6.